The molecular formula is C16H10FNO4S. The molecule has 1 aromatic heterocycles. The lowest BCUT2D eigenvalue weighted by atomic mass is 10.1. The number of oxazole rings is 1. The minimum absolute atomic E-state index is 0.108. The predicted octanol–water partition coefficient (Wildman–Crippen LogP) is 2.54. The van der Waals surface area contributed by atoms with Crippen LogP contribution in [0.3, 0.4) is 0 Å². The molecule has 7 heteroatoms. The Morgan fingerprint density at radius 3 is 2.52 bits per heavy atom. The van der Waals surface area contributed by atoms with Crippen molar-refractivity contribution in [2.24, 2.45) is 0 Å². The Morgan fingerprint density at radius 1 is 1.17 bits per heavy atom. The zero-order valence-corrected chi connectivity index (χ0v) is 12.7. The summed E-state index contributed by atoms with van der Waals surface area (Å²) >= 11 is 0.216. The molecule has 0 radical (unpaired) electrons. The minimum atomic E-state index is -0.467. The summed E-state index contributed by atoms with van der Waals surface area (Å²) < 4.78 is 34.7. The standard InChI is InChI=1S/C16H10FNO4S/c1-21-16(19)10-4-2-9(3-5-10)14(23-20)15-18-12-7-6-11(17)8-13(12)22-15/h2-8H,1H3. The molecule has 0 aliphatic rings. The molecule has 3 rings (SSSR count). The number of nitrogens with zero attached hydrogens (tertiary/aromatic N) is 1. The monoisotopic (exact) mass is 331 g/mol. The van der Waals surface area contributed by atoms with E-state index in [-0.39, 0.29) is 27.6 Å². The summed E-state index contributed by atoms with van der Waals surface area (Å²) in [4.78, 5) is 15.9. The molecule has 2 aromatic carbocycles. The van der Waals surface area contributed by atoms with Gasteiger partial charge in [-0.2, -0.15) is 0 Å². The van der Waals surface area contributed by atoms with Crippen LogP contribution in [0.2, 0.25) is 0 Å². The lowest BCUT2D eigenvalue weighted by molar-refractivity contribution is 0.0600. The Kier molecular flexibility index (Phi) is 4.03. The third kappa shape index (κ3) is 2.91. The van der Waals surface area contributed by atoms with Crippen LogP contribution in [0.5, 0.6) is 0 Å². The molecule has 0 bridgehead atoms. The van der Waals surface area contributed by atoms with Crippen molar-refractivity contribution in [2.45, 2.75) is 0 Å². The largest absolute Gasteiger partial charge is 0.465 e. The number of carbonyl (C=O) groups excluding carboxylic acids is 1. The Labute approximate surface area is 133 Å². The van der Waals surface area contributed by atoms with E-state index in [0.29, 0.717) is 16.6 Å². The molecule has 1 heterocycles. The van der Waals surface area contributed by atoms with Crippen molar-refractivity contribution in [1.82, 2.24) is 4.98 Å². The van der Waals surface area contributed by atoms with Gasteiger partial charge < -0.3 is 9.15 Å². The molecule has 0 amide bonds. The SMILES string of the molecule is COC(=O)c1ccc(C(=S=O)c2nc3ccc(F)cc3o2)cc1. The molecule has 0 aliphatic carbocycles. The molecule has 0 unspecified atom stereocenters. The molecule has 0 N–H and O–H groups in total. The van der Waals surface area contributed by atoms with Gasteiger partial charge in [-0.1, -0.05) is 12.1 Å². The van der Waals surface area contributed by atoms with E-state index in [2.05, 4.69) is 9.72 Å². The summed E-state index contributed by atoms with van der Waals surface area (Å²) in [6.45, 7) is 0. The van der Waals surface area contributed by atoms with E-state index >= 15 is 0 Å². The number of fused-ring (bicyclic) bond motifs is 1. The van der Waals surface area contributed by atoms with Gasteiger partial charge in [-0.25, -0.2) is 18.4 Å². The van der Waals surface area contributed by atoms with Crippen LogP contribution in [0, 0.1) is 5.82 Å². The maximum atomic E-state index is 13.2. The van der Waals surface area contributed by atoms with Crippen LogP contribution in [0.25, 0.3) is 11.1 Å². The van der Waals surface area contributed by atoms with Crippen LogP contribution in [-0.2, 0) is 16.0 Å². The zero-order chi connectivity index (χ0) is 16.4. The first-order chi connectivity index (χ1) is 11.1. The number of aromatic nitrogens is 1. The second kappa shape index (κ2) is 6.13. The van der Waals surface area contributed by atoms with E-state index in [9.17, 15) is 13.4 Å². The lowest BCUT2D eigenvalue weighted by Gasteiger charge is -2.01. The average molecular weight is 331 g/mol. The number of ether oxygens (including phenoxy) is 1. The number of hydrogen-bond acceptors (Lipinski definition) is 5. The van der Waals surface area contributed by atoms with Crippen molar-refractivity contribution in [3.05, 3.63) is 65.3 Å². The van der Waals surface area contributed by atoms with Gasteiger partial charge in [0, 0.05) is 11.6 Å². The van der Waals surface area contributed by atoms with Crippen LogP contribution >= 0.6 is 0 Å². The van der Waals surface area contributed by atoms with Crippen LogP contribution < -0.4 is 0 Å². The topological polar surface area (TPSA) is 69.4 Å². The Bertz CT molecular complexity index is 942. The molecule has 0 saturated carbocycles. The normalized spacial score (nSPS) is 10.5. The Morgan fingerprint density at radius 2 is 1.87 bits per heavy atom. The Hall–Kier alpha value is -2.80. The summed E-state index contributed by atoms with van der Waals surface area (Å²) in [5.74, 6) is -0.805. The van der Waals surface area contributed by atoms with Crippen LogP contribution in [0.1, 0.15) is 21.8 Å². The molecule has 5 nitrogen and oxygen atoms in total. The molecule has 0 fully saturated rings. The summed E-state index contributed by atoms with van der Waals surface area (Å²) in [5.41, 5.74) is 1.63. The van der Waals surface area contributed by atoms with Crippen LogP contribution in [-0.4, -0.2) is 27.1 Å². The van der Waals surface area contributed by atoms with Gasteiger partial charge in [-0.15, -0.1) is 0 Å². The second-order valence-corrected chi connectivity index (χ2v) is 5.19. The number of methoxy groups -OCH3 is 1. The summed E-state index contributed by atoms with van der Waals surface area (Å²) in [6, 6.07) is 10.2. The van der Waals surface area contributed by atoms with Crippen molar-refractivity contribution < 1.29 is 22.5 Å². The average Bonchev–Trinajstić information content (AvgIpc) is 2.98. The van der Waals surface area contributed by atoms with Gasteiger partial charge in [0.15, 0.2) is 5.58 Å². The molecule has 116 valence electrons. The van der Waals surface area contributed by atoms with E-state index in [1.54, 1.807) is 24.3 Å². The summed E-state index contributed by atoms with van der Waals surface area (Å²) in [6.07, 6.45) is 0. The molecule has 0 atom stereocenters. The van der Waals surface area contributed by atoms with Gasteiger partial charge in [-0.05, 0) is 24.3 Å². The quantitative estimate of drug-likeness (QED) is 0.419. The maximum Gasteiger partial charge on any atom is 0.337 e. The first-order valence-corrected chi connectivity index (χ1v) is 7.28. The molecule has 0 spiro atoms. The van der Waals surface area contributed by atoms with Gasteiger partial charge in [-0.3, -0.25) is 0 Å². The highest BCUT2D eigenvalue weighted by Crippen LogP contribution is 2.19. The van der Waals surface area contributed by atoms with Gasteiger partial charge in [0.05, 0.1) is 12.7 Å². The van der Waals surface area contributed by atoms with Gasteiger partial charge in [0.2, 0.25) is 5.89 Å². The smallest absolute Gasteiger partial charge is 0.337 e. The molecule has 3 aromatic rings. The zero-order valence-electron chi connectivity index (χ0n) is 11.9. The highest BCUT2D eigenvalue weighted by atomic mass is 32.1. The van der Waals surface area contributed by atoms with Crippen LogP contribution in [0.4, 0.5) is 4.39 Å². The van der Waals surface area contributed by atoms with E-state index in [0.717, 1.165) is 0 Å². The van der Waals surface area contributed by atoms with Crippen LogP contribution in [0.15, 0.2) is 46.9 Å². The molecular weight excluding hydrogens is 321 g/mol. The van der Waals surface area contributed by atoms with Gasteiger partial charge in [0.25, 0.3) is 0 Å². The fourth-order valence-electron chi connectivity index (χ4n) is 2.08. The van der Waals surface area contributed by atoms with Gasteiger partial charge in [0.1, 0.15) is 27.5 Å². The lowest BCUT2D eigenvalue weighted by Crippen LogP contribution is -2.05. The highest BCUT2D eigenvalue weighted by molar-refractivity contribution is 7.67. The number of rotatable bonds is 3. The van der Waals surface area contributed by atoms with E-state index < -0.39 is 11.8 Å². The van der Waals surface area contributed by atoms with Crippen molar-refractivity contribution in [3.8, 4) is 0 Å². The van der Waals surface area contributed by atoms with Crippen molar-refractivity contribution in [2.75, 3.05) is 7.11 Å². The number of hydrogen-bond donors (Lipinski definition) is 0. The molecule has 23 heavy (non-hydrogen) atoms. The third-order valence-electron chi connectivity index (χ3n) is 3.20. The van der Waals surface area contributed by atoms with Crippen molar-refractivity contribution >= 4 is 33.2 Å². The minimum Gasteiger partial charge on any atom is -0.465 e. The maximum absolute atomic E-state index is 13.2. The van der Waals surface area contributed by atoms with Crippen molar-refractivity contribution in [1.29, 1.82) is 0 Å². The number of halogens is 1. The number of carbonyl (C=O) groups is 1. The summed E-state index contributed by atoms with van der Waals surface area (Å²) in [5, 5.41) is 0. The van der Waals surface area contributed by atoms with Gasteiger partial charge >= 0.3 is 5.97 Å². The fraction of sp³-hybridized carbons (Fsp3) is 0.0625. The predicted molar refractivity (Wildman–Crippen MR) is 83.1 cm³/mol. The van der Waals surface area contributed by atoms with Crippen molar-refractivity contribution in [3.63, 3.8) is 0 Å². The Balaban J connectivity index is 2.01. The second-order valence-electron chi connectivity index (χ2n) is 4.61. The van der Waals surface area contributed by atoms with E-state index in [1.807, 2.05) is 0 Å². The molecule has 0 saturated heterocycles. The number of benzene rings is 2. The fourth-order valence-corrected chi connectivity index (χ4v) is 2.47. The number of esters is 1. The van der Waals surface area contributed by atoms with E-state index in [1.165, 1.54) is 25.3 Å². The van der Waals surface area contributed by atoms with E-state index in [4.69, 9.17) is 4.42 Å². The first kappa shape index (κ1) is 15.1. The third-order valence-corrected chi connectivity index (χ3v) is 3.77. The first-order valence-electron chi connectivity index (χ1n) is 6.54. The summed E-state index contributed by atoms with van der Waals surface area (Å²) in [7, 11) is 1.29. The molecule has 0 aliphatic heterocycles. The highest BCUT2D eigenvalue weighted by Gasteiger charge is 2.15.